The monoisotopic (exact) mass is 279 g/mol. The highest BCUT2D eigenvalue weighted by Gasteiger charge is 2.33. The summed E-state index contributed by atoms with van der Waals surface area (Å²) in [6, 6.07) is 0. The molecule has 0 aromatic carbocycles. The van der Waals surface area contributed by atoms with Gasteiger partial charge < -0.3 is 15.7 Å². The fourth-order valence-electron chi connectivity index (χ4n) is 1.76. The van der Waals surface area contributed by atoms with Crippen molar-refractivity contribution in [2.75, 3.05) is 25.4 Å². The molecule has 18 heavy (non-hydrogen) atoms. The minimum absolute atomic E-state index is 0.0584. The number of nitrogens with zero attached hydrogens (tertiary/aromatic N) is 2. The summed E-state index contributed by atoms with van der Waals surface area (Å²) in [4.78, 5) is 0. The van der Waals surface area contributed by atoms with Gasteiger partial charge in [-0.3, -0.25) is 0 Å². The van der Waals surface area contributed by atoms with Crippen molar-refractivity contribution in [3.05, 3.63) is 0 Å². The highest BCUT2D eigenvalue weighted by atomic mass is 32.2. The van der Waals surface area contributed by atoms with Gasteiger partial charge in [0, 0.05) is 13.1 Å². The smallest absolute Gasteiger partial charge is 0.214 e. The number of ether oxygens (including phenoxy) is 1. The zero-order valence-corrected chi connectivity index (χ0v) is 11.8. The van der Waals surface area contributed by atoms with Crippen LogP contribution in [0.2, 0.25) is 0 Å². The Bertz CT molecular complexity index is 413. The van der Waals surface area contributed by atoms with Crippen LogP contribution in [0.1, 0.15) is 20.8 Å². The van der Waals surface area contributed by atoms with Crippen molar-refractivity contribution in [2.45, 2.75) is 26.9 Å². The van der Waals surface area contributed by atoms with Gasteiger partial charge in [0.25, 0.3) is 0 Å². The molecule has 1 aliphatic rings. The molecule has 0 saturated carbocycles. The molecule has 1 atom stereocenters. The van der Waals surface area contributed by atoms with E-state index in [4.69, 9.17) is 15.7 Å². The molecule has 0 aromatic rings. The number of amidine groups is 1. The summed E-state index contributed by atoms with van der Waals surface area (Å²) < 4.78 is 31.0. The second kappa shape index (κ2) is 5.41. The highest BCUT2D eigenvalue weighted by Crippen LogP contribution is 2.20. The fourth-order valence-corrected chi connectivity index (χ4v) is 3.75. The van der Waals surface area contributed by atoms with Crippen LogP contribution >= 0.6 is 0 Å². The summed E-state index contributed by atoms with van der Waals surface area (Å²) in [5.41, 5.74) is 5.12. The summed E-state index contributed by atoms with van der Waals surface area (Å²) in [7, 11) is -3.35. The minimum atomic E-state index is -3.35. The first-order chi connectivity index (χ1) is 8.15. The Morgan fingerprint density at radius 3 is 2.67 bits per heavy atom. The van der Waals surface area contributed by atoms with Crippen LogP contribution in [0, 0.1) is 5.41 Å². The van der Waals surface area contributed by atoms with Gasteiger partial charge >= 0.3 is 0 Å². The van der Waals surface area contributed by atoms with E-state index in [1.165, 1.54) is 4.31 Å². The van der Waals surface area contributed by atoms with Gasteiger partial charge in [-0.1, -0.05) is 25.9 Å². The molecule has 0 aliphatic carbocycles. The average molecular weight is 279 g/mol. The Kier molecular flexibility index (Phi) is 4.57. The lowest BCUT2D eigenvalue weighted by atomic mass is 10.0. The van der Waals surface area contributed by atoms with Crippen molar-refractivity contribution in [1.82, 2.24) is 4.31 Å². The van der Waals surface area contributed by atoms with Crippen molar-refractivity contribution < 1.29 is 18.4 Å². The molecule has 0 aromatic heterocycles. The van der Waals surface area contributed by atoms with E-state index in [0.29, 0.717) is 6.54 Å². The lowest BCUT2D eigenvalue weighted by Gasteiger charge is -2.33. The van der Waals surface area contributed by atoms with Crippen LogP contribution in [0.4, 0.5) is 0 Å². The Morgan fingerprint density at radius 2 is 2.17 bits per heavy atom. The molecule has 0 bridgehead atoms. The molecule has 1 heterocycles. The third kappa shape index (κ3) is 4.11. The van der Waals surface area contributed by atoms with Gasteiger partial charge in [0.1, 0.15) is 6.10 Å². The second-order valence-electron chi connectivity index (χ2n) is 5.56. The Balaban J connectivity index is 2.78. The zero-order chi connectivity index (χ0) is 14.0. The number of oxime groups is 1. The molecular formula is C10H21N3O4S. The Morgan fingerprint density at radius 1 is 1.56 bits per heavy atom. The van der Waals surface area contributed by atoms with Gasteiger partial charge in [0.05, 0.1) is 12.4 Å². The predicted molar refractivity (Wildman–Crippen MR) is 68.0 cm³/mol. The molecule has 1 saturated heterocycles. The molecule has 3 N–H and O–H groups in total. The molecule has 106 valence electrons. The first-order valence-corrected chi connectivity index (χ1v) is 7.33. The maximum absolute atomic E-state index is 12.2. The van der Waals surface area contributed by atoms with E-state index in [1.807, 2.05) is 20.8 Å². The molecule has 1 aliphatic heterocycles. The van der Waals surface area contributed by atoms with Crippen LogP contribution in [0.25, 0.3) is 0 Å². The average Bonchev–Trinajstić information content (AvgIpc) is 2.25. The highest BCUT2D eigenvalue weighted by molar-refractivity contribution is 7.89. The number of hydrogen-bond donors (Lipinski definition) is 2. The lowest BCUT2D eigenvalue weighted by Crippen LogP contribution is -2.51. The van der Waals surface area contributed by atoms with Crippen molar-refractivity contribution in [1.29, 1.82) is 0 Å². The van der Waals surface area contributed by atoms with Crippen LogP contribution in [0.5, 0.6) is 0 Å². The number of morpholine rings is 1. The van der Waals surface area contributed by atoms with E-state index >= 15 is 0 Å². The number of rotatable bonds is 3. The van der Waals surface area contributed by atoms with Crippen LogP contribution in [-0.2, 0) is 14.8 Å². The maximum atomic E-state index is 12.2. The second-order valence-corrected chi connectivity index (χ2v) is 7.53. The van der Waals surface area contributed by atoms with Crippen molar-refractivity contribution in [3.8, 4) is 0 Å². The summed E-state index contributed by atoms with van der Waals surface area (Å²) in [6.45, 7) is 6.23. The van der Waals surface area contributed by atoms with Gasteiger partial charge in [-0.25, -0.2) is 8.42 Å². The Hall–Kier alpha value is -0.860. The quantitative estimate of drug-likeness (QED) is 0.322. The van der Waals surface area contributed by atoms with E-state index in [-0.39, 0.29) is 30.2 Å². The topological polar surface area (TPSA) is 105 Å². The van der Waals surface area contributed by atoms with Crippen molar-refractivity contribution >= 4 is 15.9 Å². The molecule has 1 rings (SSSR count). The van der Waals surface area contributed by atoms with Crippen LogP contribution in [0.3, 0.4) is 0 Å². The van der Waals surface area contributed by atoms with E-state index in [0.717, 1.165) is 0 Å². The number of sulfonamides is 1. The molecule has 1 fully saturated rings. The lowest BCUT2D eigenvalue weighted by molar-refractivity contribution is 0.0352. The van der Waals surface area contributed by atoms with E-state index in [9.17, 15) is 8.42 Å². The molecule has 1 unspecified atom stereocenters. The third-order valence-corrected chi connectivity index (χ3v) is 4.83. The molecule has 7 nitrogen and oxygen atoms in total. The van der Waals surface area contributed by atoms with Crippen LogP contribution in [0.15, 0.2) is 5.16 Å². The standard InChI is InChI=1S/C10H21N3O4S/c1-10(2,3)7-18(15,16)13-4-5-17-8(6-13)9(11)12-14/h8,14H,4-7H2,1-3H3,(H2,11,12). The van der Waals surface area contributed by atoms with Gasteiger partial charge in [-0.2, -0.15) is 4.31 Å². The largest absolute Gasteiger partial charge is 0.409 e. The zero-order valence-electron chi connectivity index (χ0n) is 11.0. The third-order valence-electron chi connectivity index (χ3n) is 2.48. The summed E-state index contributed by atoms with van der Waals surface area (Å²) in [5.74, 6) is -0.0474. The normalized spacial score (nSPS) is 24.2. The van der Waals surface area contributed by atoms with Crippen LogP contribution in [-0.4, -0.2) is 55.3 Å². The summed E-state index contributed by atoms with van der Waals surface area (Å²) in [5, 5.41) is 11.4. The first kappa shape index (κ1) is 15.2. The van der Waals surface area contributed by atoms with E-state index in [1.54, 1.807) is 0 Å². The minimum Gasteiger partial charge on any atom is -0.409 e. The van der Waals surface area contributed by atoms with Crippen molar-refractivity contribution in [3.63, 3.8) is 0 Å². The molecule has 0 radical (unpaired) electrons. The summed E-state index contributed by atoms with van der Waals surface area (Å²) in [6.07, 6.45) is -0.682. The van der Waals surface area contributed by atoms with E-state index in [2.05, 4.69) is 5.16 Å². The molecule has 0 amide bonds. The molecule has 0 spiro atoms. The molecular weight excluding hydrogens is 258 g/mol. The predicted octanol–water partition coefficient (Wildman–Crippen LogP) is -0.190. The van der Waals surface area contributed by atoms with Crippen LogP contribution < -0.4 is 5.73 Å². The van der Waals surface area contributed by atoms with Gasteiger partial charge in [-0.05, 0) is 5.41 Å². The maximum Gasteiger partial charge on any atom is 0.214 e. The van der Waals surface area contributed by atoms with E-state index < -0.39 is 16.1 Å². The number of nitrogens with two attached hydrogens (primary N) is 1. The van der Waals surface area contributed by atoms with Gasteiger partial charge in [0.2, 0.25) is 10.0 Å². The van der Waals surface area contributed by atoms with Gasteiger partial charge in [0.15, 0.2) is 5.84 Å². The SMILES string of the molecule is CC(C)(C)CS(=O)(=O)N1CCOC(C(N)=NO)C1. The van der Waals surface area contributed by atoms with Gasteiger partial charge in [-0.15, -0.1) is 0 Å². The number of hydrogen-bond acceptors (Lipinski definition) is 5. The Labute approximate surface area is 108 Å². The van der Waals surface area contributed by atoms with Crippen molar-refractivity contribution in [2.24, 2.45) is 16.3 Å². The molecule has 8 heteroatoms. The fraction of sp³-hybridized carbons (Fsp3) is 0.900. The summed E-state index contributed by atoms with van der Waals surface area (Å²) >= 11 is 0. The first-order valence-electron chi connectivity index (χ1n) is 5.72.